The van der Waals surface area contributed by atoms with Gasteiger partial charge in [-0.05, 0) is 12.8 Å². The molecule has 27 heavy (non-hydrogen) atoms. The molecule has 0 amide bonds. The van der Waals surface area contributed by atoms with E-state index in [-0.39, 0.29) is 0 Å². The van der Waals surface area contributed by atoms with Crippen LogP contribution in [0.3, 0.4) is 0 Å². The fourth-order valence-corrected chi connectivity index (χ4v) is 3.16. The van der Waals surface area contributed by atoms with Gasteiger partial charge in [-0.15, -0.1) is 11.8 Å². The van der Waals surface area contributed by atoms with Crippen LogP contribution in [0.5, 0.6) is 0 Å². The minimum atomic E-state index is -1.05. The van der Waals surface area contributed by atoms with Gasteiger partial charge in [0.15, 0.2) is 0 Å². The maximum Gasteiger partial charge on any atom is 0.381 e. The number of rotatable bonds is 17. The molecular formula is C25H42O2. The number of unbranched alkanes of at least 4 members (excludes halogenated alkanes) is 17. The van der Waals surface area contributed by atoms with Gasteiger partial charge < -0.3 is 5.11 Å². The summed E-state index contributed by atoms with van der Waals surface area (Å²) in [6.45, 7) is 2.28. The van der Waals surface area contributed by atoms with E-state index < -0.39 is 5.97 Å². The largest absolute Gasteiger partial charge is 0.472 e. The molecule has 0 unspecified atom stereocenters. The molecule has 2 heteroatoms. The summed E-state index contributed by atoms with van der Waals surface area (Å²) in [6, 6.07) is 0. The van der Waals surface area contributed by atoms with Crippen LogP contribution in [0, 0.1) is 23.7 Å². The Kier molecular flexibility index (Phi) is 21.4. The number of carboxylic acid groups (broad SMARTS) is 1. The van der Waals surface area contributed by atoms with Crippen molar-refractivity contribution >= 4 is 5.97 Å². The number of carbonyl (C=O) groups is 1. The van der Waals surface area contributed by atoms with E-state index in [4.69, 9.17) is 5.11 Å². The summed E-state index contributed by atoms with van der Waals surface area (Å²) < 4.78 is 0. The molecule has 0 atom stereocenters. The third kappa shape index (κ3) is 24.6. The van der Waals surface area contributed by atoms with Crippen molar-refractivity contribution in [1.82, 2.24) is 0 Å². The summed E-state index contributed by atoms with van der Waals surface area (Å²) in [6.07, 6.45) is 24.2. The lowest BCUT2D eigenvalue weighted by Crippen LogP contribution is -1.86. The summed E-state index contributed by atoms with van der Waals surface area (Å²) in [5.74, 6) is 10.1. The van der Waals surface area contributed by atoms with Gasteiger partial charge in [0, 0.05) is 25.2 Å². The van der Waals surface area contributed by atoms with Gasteiger partial charge in [-0.25, -0.2) is 4.79 Å². The first-order chi connectivity index (χ1) is 13.3. The molecule has 0 aromatic carbocycles. The highest BCUT2D eigenvalue weighted by Crippen LogP contribution is 2.13. The minimum absolute atomic E-state index is 0.625. The molecule has 0 aliphatic heterocycles. The first kappa shape index (κ1) is 25.6. The van der Waals surface area contributed by atoms with E-state index in [0.717, 1.165) is 19.3 Å². The maximum atomic E-state index is 10.2. The van der Waals surface area contributed by atoms with Gasteiger partial charge in [0.1, 0.15) is 0 Å². The monoisotopic (exact) mass is 374 g/mol. The van der Waals surface area contributed by atoms with Gasteiger partial charge in [-0.3, -0.25) is 0 Å². The smallest absolute Gasteiger partial charge is 0.381 e. The second-order valence-electron chi connectivity index (χ2n) is 7.51. The first-order valence-corrected chi connectivity index (χ1v) is 11.4. The van der Waals surface area contributed by atoms with Crippen molar-refractivity contribution in [2.45, 2.75) is 129 Å². The summed E-state index contributed by atoms with van der Waals surface area (Å²) >= 11 is 0. The maximum absolute atomic E-state index is 10.2. The van der Waals surface area contributed by atoms with Crippen molar-refractivity contribution in [2.24, 2.45) is 0 Å². The highest BCUT2D eigenvalue weighted by Gasteiger charge is 1.94. The molecular weight excluding hydrogens is 332 g/mol. The van der Waals surface area contributed by atoms with Crippen LogP contribution >= 0.6 is 0 Å². The van der Waals surface area contributed by atoms with Gasteiger partial charge in [-0.1, -0.05) is 103 Å². The second-order valence-corrected chi connectivity index (χ2v) is 7.51. The summed E-state index contributed by atoms with van der Waals surface area (Å²) in [7, 11) is 0. The predicted molar refractivity (Wildman–Crippen MR) is 117 cm³/mol. The normalized spacial score (nSPS) is 9.96. The van der Waals surface area contributed by atoms with E-state index in [1.807, 2.05) is 0 Å². The number of hydrogen-bond acceptors (Lipinski definition) is 1. The molecule has 0 saturated carbocycles. The molecule has 0 bridgehead atoms. The lowest BCUT2D eigenvalue weighted by molar-refractivity contribution is -0.130. The van der Waals surface area contributed by atoms with Crippen LogP contribution in [0.25, 0.3) is 0 Å². The molecule has 0 aromatic heterocycles. The van der Waals surface area contributed by atoms with Crippen molar-refractivity contribution in [3.05, 3.63) is 0 Å². The predicted octanol–water partition coefficient (Wildman–Crippen LogP) is 7.51. The number of hydrogen-bond donors (Lipinski definition) is 1. The van der Waals surface area contributed by atoms with Gasteiger partial charge in [-0.2, -0.15) is 0 Å². The van der Waals surface area contributed by atoms with Gasteiger partial charge >= 0.3 is 5.97 Å². The Morgan fingerprint density at radius 1 is 0.556 bits per heavy atom. The molecule has 0 radical (unpaired) electrons. The number of aliphatic carboxylic acids is 1. The molecule has 0 fully saturated rings. The van der Waals surface area contributed by atoms with Crippen molar-refractivity contribution in [3.63, 3.8) is 0 Å². The summed E-state index contributed by atoms with van der Waals surface area (Å²) in [4.78, 5) is 10.2. The molecule has 2 nitrogen and oxygen atoms in total. The van der Waals surface area contributed by atoms with E-state index in [1.54, 1.807) is 0 Å². The Balaban J connectivity index is 3.14. The third-order valence-electron chi connectivity index (χ3n) is 4.83. The van der Waals surface area contributed by atoms with E-state index in [1.165, 1.54) is 96.3 Å². The molecule has 0 aliphatic carbocycles. The third-order valence-corrected chi connectivity index (χ3v) is 4.83. The van der Waals surface area contributed by atoms with Gasteiger partial charge in [0.05, 0.1) is 0 Å². The van der Waals surface area contributed by atoms with Crippen molar-refractivity contribution < 1.29 is 9.90 Å². The topological polar surface area (TPSA) is 37.3 Å². The Hall–Kier alpha value is -1.41. The standard InChI is InChI=1S/C25H42O2/c1-2-3-4-5-6-7-8-9-10-11-12-13-14-15-16-17-18-19-20-21-22-23-24-25(26)27/h2-17,20-22H2,1H3,(H,26,27). The average Bonchev–Trinajstić information content (AvgIpc) is 2.65. The van der Waals surface area contributed by atoms with Crippen LogP contribution < -0.4 is 0 Å². The summed E-state index contributed by atoms with van der Waals surface area (Å²) in [5, 5.41) is 8.38. The molecule has 0 saturated heterocycles. The Morgan fingerprint density at radius 3 is 1.37 bits per heavy atom. The van der Waals surface area contributed by atoms with Crippen molar-refractivity contribution in [2.75, 3.05) is 0 Å². The quantitative estimate of drug-likeness (QED) is 0.211. The molecule has 1 N–H and O–H groups in total. The highest BCUT2D eigenvalue weighted by molar-refractivity contribution is 5.86. The fourth-order valence-electron chi connectivity index (χ4n) is 3.16. The van der Waals surface area contributed by atoms with E-state index >= 15 is 0 Å². The van der Waals surface area contributed by atoms with Crippen LogP contribution in [0.15, 0.2) is 0 Å². The highest BCUT2D eigenvalue weighted by atomic mass is 16.4. The molecule has 0 aliphatic rings. The zero-order valence-electron chi connectivity index (χ0n) is 17.8. The average molecular weight is 375 g/mol. The SMILES string of the molecule is CCCCCCCCCCCCCCCCCC#CCCCC#CC(=O)O. The lowest BCUT2D eigenvalue weighted by atomic mass is 10.0. The Morgan fingerprint density at radius 2 is 0.926 bits per heavy atom. The van der Waals surface area contributed by atoms with Gasteiger partial charge in [0.2, 0.25) is 0 Å². The van der Waals surface area contributed by atoms with Crippen LogP contribution in [0.2, 0.25) is 0 Å². The Bertz CT molecular complexity index is 444. The van der Waals surface area contributed by atoms with Gasteiger partial charge in [0.25, 0.3) is 0 Å². The van der Waals surface area contributed by atoms with E-state index in [0.29, 0.717) is 6.42 Å². The minimum Gasteiger partial charge on any atom is -0.472 e. The Labute approximate surface area is 168 Å². The second kappa shape index (κ2) is 22.6. The molecule has 0 heterocycles. The van der Waals surface area contributed by atoms with Crippen molar-refractivity contribution in [3.8, 4) is 23.7 Å². The molecule has 0 spiro atoms. The van der Waals surface area contributed by atoms with Crippen molar-refractivity contribution in [1.29, 1.82) is 0 Å². The van der Waals surface area contributed by atoms with E-state index in [2.05, 4.69) is 30.6 Å². The van der Waals surface area contributed by atoms with Crippen LogP contribution in [0.1, 0.15) is 129 Å². The summed E-state index contributed by atoms with van der Waals surface area (Å²) in [5.41, 5.74) is 0. The molecule has 154 valence electrons. The van der Waals surface area contributed by atoms with Crippen LogP contribution in [0.4, 0.5) is 0 Å². The number of carboxylic acids is 1. The first-order valence-electron chi connectivity index (χ1n) is 11.4. The lowest BCUT2D eigenvalue weighted by Gasteiger charge is -2.03. The molecule has 0 aromatic rings. The zero-order valence-corrected chi connectivity index (χ0v) is 17.8. The van der Waals surface area contributed by atoms with Crippen LogP contribution in [-0.4, -0.2) is 11.1 Å². The van der Waals surface area contributed by atoms with E-state index in [9.17, 15) is 4.79 Å². The zero-order chi connectivity index (χ0) is 19.8. The fraction of sp³-hybridized carbons (Fsp3) is 0.800. The van der Waals surface area contributed by atoms with Crippen LogP contribution in [-0.2, 0) is 4.79 Å². The molecule has 0 rings (SSSR count).